The van der Waals surface area contributed by atoms with Crippen LogP contribution < -0.4 is 0 Å². The number of hydrogen-bond acceptors (Lipinski definition) is 3. The molecule has 1 saturated heterocycles. The molecule has 1 fully saturated rings. The molecule has 0 radical (unpaired) electrons. The molecule has 3 heterocycles. The molecule has 5 nitrogen and oxygen atoms in total. The summed E-state index contributed by atoms with van der Waals surface area (Å²) in [4.78, 5) is 15.1. The minimum atomic E-state index is -0.919. The molecule has 1 N–H and O–H groups in total. The van der Waals surface area contributed by atoms with Gasteiger partial charge in [-0.05, 0) is 12.1 Å². The van der Waals surface area contributed by atoms with E-state index in [-0.39, 0.29) is 5.56 Å². The van der Waals surface area contributed by atoms with Crippen molar-refractivity contribution in [1.29, 1.82) is 0 Å². The van der Waals surface area contributed by atoms with Crippen molar-refractivity contribution in [2.75, 3.05) is 13.2 Å². The van der Waals surface area contributed by atoms with Crippen molar-refractivity contribution >= 4 is 11.5 Å². The van der Waals surface area contributed by atoms with E-state index >= 15 is 0 Å². The van der Waals surface area contributed by atoms with Gasteiger partial charge >= 0.3 is 5.97 Å². The normalized spacial score (nSPS) is 16.2. The minimum Gasteiger partial charge on any atom is -0.478 e. The van der Waals surface area contributed by atoms with Crippen molar-refractivity contribution in [1.82, 2.24) is 9.38 Å². The maximum Gasteiger partial charge on any atom is 0.335 e. The monoisotopic (exact) mass is 218 g/mol. The highest BCUT2D eigenvalue weighted by Crippen LogP contribution is 2.23. The Kier molecular flexibility index (Phi) is 1.94. The number of carboxylic acids is 1. The van der Waals surface area contributed by atoms with E-state index in [0.717, 1.165) is 11.3 Å². The first-order valence-corrected chi connectivity index (χ1v) is 5.04. The number of aromatic carboxylic acids is 1. The molecule has 5 heteroatoms. The molecule has 2 aromatic rings. The van der Waals surface area contributed by atoms with E-state index in [0.29, 0.717) is 19.1 Å². The summed E-state index contributed by atoms with van der Waals surface area (Å²) in [6.07, 6.45) is 3.44. The minimum absolute atomic E-state index is 0.281. The van der Waals surface area contributed by atoms with Crippen LogP contribution in [-0.2, 0) is 4.74 Å². The first-order valence-electron chi connectivity index (χ1n) is 5.04. The largest absolute Gasteiger partial charge is 0.478 e. The smallest absolute Gasteiger partial charge is 0.335 e. The molecule has 0 spiro atoms. The average molecular weight is 218 g/mol. The molecule has 0 saturated carbocycles. The van der Waals surface area contributed by atoms with Gasteiger partial charge in [-0.3, -0.25) is 0 Å². The molecule has 0 aromatic carbocycles. The van der Waals surface area contributed by atoms with Crippen molar-refractivity contribution in [3.63, 3.8) is 0 Å². The van der Waals surface area contributed by atoms with Crippen LogP contribution in [0.5, 0.6) is 0 Å². The van der Waals surface area contributed by atoms with Gasteiger partial charge in [0.1, 0.15) is 5.82 Å². The molecule has 16 heavy (non-hydrogen) atoms. The van der Waals surface area contributed by atoms with Crippen LogP contribution in [0.25, 0.3) is 5.52 Å². The summed E-state index contributed by atoms with van der Waals surface area (Å²) < 4.78 is 7.04. The molecule has 3 rings (SSSR count). The van der Waals surface area contributed by atoms with E-state index in [1.54, 1.807) is 24.5 Å². The van der Waals surface area contributed by atoms with E-state index in [2.05, 4.69) is 4.98 Å². The number of aromatic nitrogens is 2. The Labute approximate surface area is 91.3 Å². The second-order valence-corrected chi connectivity index (χ2v) is 3.87. The van der Waals surface area contributed by atoms with Crippen molar-refractivity contribution in [2.45, 2.75) is 5.92 Å². The second kappa shape index (κ2) is 3.31. The van der Waals surface area contributed by atoms with Crippen LogP contribution >= 0.6 is 0 Å². The predicted molar refractivity (Wildman–Crippen MR) is 55.7 cm³/mol. The van der Waals surface area contributed by atoms with Crippen LogP contribution in [0, 0.1) is 0 Å². The van der Waals surface area contributed by atoms with Crippen LogP contribution in [0.2, 0.25) is 0 Å². The lowest BCUT2D eigenvalue weighted by Crippen LogP contribution is -2.27. The fourth-order valence-corrected chi connectivity index (χ4v) is 1.84. The number of carbonyl (C=O) groups is 1. The zero-order valence-corrected chi connectivity index (χ0v) is 8.46. The molecule has 0 bridgehead atoms. The van der Waals surface area contributed by atoms with E-state index in [9.17, 15) is 4.79 Å². The van der Waals surface area contributed by atoms with Gasteiger partial charge in [0, 0.05) is 6.20 Å². The van der Waals surface area contributed by atoms with Crippen molar-refractivity contribution in [3.05, 3.63) is 35.9 Å². The highest BCUT2D eigenvalue weighted by Gasteiger charge is 2.24. The quantitative estimate of drug-likeness (QED) is 0.821. The van der Waals surface area contributed by atoms with Crippen LogP contribution in [-0.4, -0.2) is 33.7 Å². The van der Waals surface area contributed by atoms with Gasteiger partial charge in [-0.15, -0.1) is 0 Å². The highest BCUT2D eigenvalue weighted by atomic mass is 16.5. The lowest BCUT2D eigenvalue weighted by molar-refractivity contribution is 0.00465. The molecule has 1 aliphatic rings. The lowest BCUT2D eigenvalue weighted by Gasteiger charge is -2.24. The zero-order chi connectivity index (χ0) is 11.1. The topological polar surface area (TPSA) is 63.8 Å². The Bertz CT molecular complexity index is 557. The fraction of sp³-hybridized carbons (Fsp3) is 0.273. The van der Waals surface area contributed by atoms with Gasteiger partial charge in [0.15, 0.2) is 0 Å². The Morgan fingerprint density at radius 3 is 3.00 bits per heavy atom. The molecule has 0 amide bonds. The molecular weight excluding hydrogens is 208 g/mol. The number of ether oxygens (including phenoxy) is 1. The number of rotatable bonds is 2. The summed E-state index contributed by atoms with van der Waals surface area (Å²) in [7, 11) is 0. The molecule has 0 unspecified atom stereocenters. The molecular formula is C11H10N2O3. The Morgan fingerprint density at radius 2 is 2.38 bits per heavy atom. The Hall–Kier alpha value is -1.88. The molecule has 2 aromatic heterocycles. The maximum atomic E-state index is 10.8. The Balaban J connectivity index is 2.10. The molecule has 0 aliphatic carbocycles. The third kappa shape index (κ3) is 1.29. The lowest BCUT2D eigenvalue weighted by atomic mass is 10.1. The van der Waals surface area contributed by atoms with Gasteiger partial charge in [0.25, 0.3) is 0 Å². The van der Waals surface area contributed by atoms with Gasteiger partial charge in [-0.2, -0.15) is 0 Å². The van der Waals surface area contributed by atoms with Gasteiger partial charge in [0.05, 0.1) is 36.4 Å². The zero-order valence-electron chi connectivity index (χ0n) is 8.46. The van der Waals surface area contributed by atoms with Crippen LogP contribution in [0.3, 0.4) is 0 Å². The summed E-state index contributed by atoms with van der Waals surface area (Å²) in [6, 6.07) is 3.21. The molecule has 1 aliphatic heterocycles. The van der Waals surface area contributed by atoms with E-state index in [1.165, 1.54) is 0 Å². The number of fused-ring (bicyclic) bond motifs is 1. The maximum absolute atomic E-state index is 10.8. The van der Waals surface area contributed by atoms with Crippen molar-refractivity contribution in [2.24, 2.45) is 0 Å². The number of hydrogen-bond donors (Lipinski definition) is 1. The van der Waals surface area contributed by atoms with Crippen LogP contribution in [0.15, 0.2) is 24.5 Å². The summed E-state index contributed by atoms with van der Waals surface area (Å²) in [5.41, 5.74) is 1.09. The summed E-state index contributed by atoms with van der Waals surface area (Å²) >= 11 is 0. The fourth-order valence-electron chi connectivity index (χ4n) is 1.84. The van der Waals surface area contributed by atoms with Crippen LogP contribution in [0.4, 0.5) is 0 Å². The third-order valence-electron chi connectivity index (χ3n) is 2.81. The number of nitrogens with zero attached hydrogens (tertiary/aromatic N) is 2. The number of carboxylic acid groups (broad SMARTS) is 1. The van der Waals surface area contributed by atoms with Gasteiger partial charge in [-0.1, -0.05) is 0 Å². The molecule has 82 valence electrons. The number of pyridine rings is 1. The average Bonchev–Trinajstić information content (AvgIpc) is 2.59. The first kappa shape index (κ1) is 9.35. The predicted octanol–water partition coefficient (Wildman–Crippen LogP) is 1.15. The number of imidazole rings is 1. The summed E-state index contributed by atoms with van der Waals surface area (Å²) in [6.45, 7) is 1.39. The van der Waals surface area contributed by atoms with Crippen LogP contribution in [0.1, 0.15) is 22.1 Å². The van der Waals surface area contributed by atoms with E-state index in [1.807, 2.05) is 4.40 Å². The van der Waals surface area contributed by atoms with Crippen molar-refractivity contribution < 1.29 is 14.6 Å². The summed E-state index contributed by atoms with van der Waals surface area (Å²) in [5.74, 6) is 0.355. The van der Waals surface area contributed by atoms with Crippen molar-refractivity contribution in [3.8, 4) is 0 Å². The second-order valence-electron chi connectivity index (χ2n) is 3.87. The standard InChI is InChI=1S/C11H10N2O3/c14-11(15)7-1-2-13-9(3-7)4-12-10(13)8-5-16-6-8/h1-4,8H,5-6H2,(H,14,15). The van der Waals surface area contributed by atoms with E-state index < -0.39 is 5.97 Å². The SMILES string of the molecule is O=C(O)c1ccn2c(C3COC3)ncc2c1. The van der Waals surface area contributed by atoms with E-state index in [4.69, 9.17) is 9.84 Å². The highest BCUT2D eigenvalue weighted by molar-refractivity contribution is 5.88. The summed E-state index contributed by atoms with van der Waals surface area (Å²) in [5, 5.41) is 8.87. The van der Waals surface area contributed by atoms with Gasteiger partial charge < -0.3 is 14.2 Å². The first-order chi connectivity index (χ1) is 7.75. The van der Waals surface area contributed by atoms with Gasteiger partial charge in [-0.25, -0.2) is 9.78 Å². The third-order valence-corrected chi connectivity index (χ3v) is 2.81. The van der Waals surface area contributed by atoms with Gasteiger partial charge in [0.2, 0.25) is 0 Å². The Morgan fingerprint density at radius 1 is 1.56 bits per heavy atom. The molecule has 0 atom stereocenters.